The van der Waals surface area contributed by atoms with Gasteiger partial charge in [0.25, 0.3) is 0 Å². The number of ether oxygens (including phenoxy) is 2. The second-order valence-electron chi connectivity index (χ2n) is 6.52. The summed E-state index contributed by atoms with van der Waals surface area (Å²) in [7, 11) is 1.60. The minimum Gasteiger partial charge on any atom is -0.497 e. The molecular formula is C20H24N2O5. The maximum atomic E-state index is 12.6. The number of benzene rings is 1. The topological polar surface area (TPSA) is 81.9 Å². The molecule has 0 spiro atoms. The Morgan fingerprint density at radius 2 is 2.19 bits per heavy atom. The molecule has 2 heterocycles. The summed E-state index contributed by atoms with van der Waals surface area (Å²) in [6.45, 7) is 3.19. The fourth-order valence-corrected chi connectivity index (χ4v) is 3.23. The first kappa shape index (κ1) is 18.9. The van der Waals surface area contributed by atoms with Crippen LogP contribution in [0.1, 0.15) is 25.5 Å². The van der Waals surface area contributed by atoms with Crippen LogP contribution in [0.25, 0.3) is 11.3 Å². The van der Waals surface area contributed by atoms with Gasteiger partial charge in [-0.25, -0.2) is 0 Å². The zero-order valence-electron chi connectivity index (χ0n) is 15.6. The molecule has 1 aromatic heterocycles. The minimum atomic E-state index is -0.243. The fourth-order valence-electron chi connectivity index (χ4n) is 3.23. The predicted molar refractivity (Wildman–Crippen MR) is 98.1 cm³/mol. The highest BCUT2D eigenvalue weighted by atomic mass is 16.5. The highest BCUT2D eigenvalue weighted by Gasteiger charge is 2.29. The maximum Gasteiger partial charge on any atom is 0.310 e. The summed E-state index contributed by atoms with van der Waals surface area (Å²) in [6, 6.07) is 9.22. The number of aromatic nitrogens is 1. The SMILES string of the molecule is CCOC(=O)C1CCCN(C(=O)Cc2cc(-c3cccc(OC)c3)on2)C1. The third-order valence-electron chi connectivity index (χ3n) is 4.64. The Balaban J connectivity index is 1.62. The van der Waals surface area contributed by atoms with Crippen LogP contribution in [0.15, 0.2) is 34.9 Å². The summed E-state index contributed by atoms with van der Waals surface area (Å²) in [5.74, 6) is 0.776. The van der Waals surface area contributed by atoms with Crippen molar-refractivity contribution in [2.45, 2.75) is 26.2 Å². The van der Waals surface area contributed by atoms with Crippen molar-refractivity contribution in [1.82, 2.24) is 10.1 Å². The van der Waals surface area contributed by atoms with Crippen LogP contribution in [0.2, 0.25) is 0 Å². The number of esters is 1. The summed E-state index contributed by atoms with van der Waals surface area (Å²) >= 11 is 0. The highest BCUT2D eigenvalue weighted by Crippen LogP contribution is 2.25. The summed E-state index contributed by atoms with van der Waals surface area (Å²) in [4.78, 5) is 26.3. The van der Waals surface area contributed by atoms with Gasteiger partial charge in [-0.15, -0.1) is 0 Å². The van der Waals surface area contributed by atoms with Crippen LogP contribution in [0.3, 0.4) is 0 Å². The van der Waals surface area contributed by atoms with E-state index < -0.39 is 0 Å². The largest absolute Gasteiger partial charge is 0.497 e. The number of likely N-dealkylation sites (tertiary alicyclic amines) is 1. The van der Waals surface area contributed by atoms with E-state index in [0.29, 0.717) is 31.2 Å². The summed E-state index contributed by atoms with van der Waals surface area (Å²) in [5.41, 5.74) is 1.40. The number of piperidine rings is 1. The van der Waals surface area contributed by atoms with Gasteiger partial charge in [0.1, 0.15) is 5.75 Å². The molecule has 27 heavy (non-hydrogen) atoms. The van der Waals surface area contributed by atoms with Gasteiger partial charge in [0.15, 0.2) is 5.76 Å². The van der Waals surface area contributed by atoms with Crippen molar-refractivity contribution < 1.29 is 23.6 Å². The van der Waals surface area contributed by atoms with Crippen molar-refractivity contribution in [2.75, 3.05) is 26.8 Å². The van der Waals surface area contributed by atoms with E-state index in [9.17, 15) is 9.59 Å². The van der Waals surface area contributed by atoms with E-state index in [1.54, 1.807) is 25.0 Å². The smallest absolute Gasteiger partial charge is 0.310 e. The normalized spacial score (nSPS) is 16.8. The second-order valence-corrected chi connectivity index (χ2v) is 6.52. The van der Waals surface area contributed by atoms with Crippen molar-refractivity contribution in [1.29, 1.82) is 0 Å². The first-order valence-electron chi connectivity index (χ1n) is 9.15. The van der Waals surface area contributed by atoms with Crippen LogP contribution in [-0.2, 0) is 20.7 Å². The van der Waals surface area contributed by atoms with Gasteiger partial charge in [-0.05, 0) is 31.9 Å². The Bertz CT molecular complexity index is 801. The number of carbonyl (C=O) groups is 2. The van der Waals surface area contributed by atoms with Crippen molar-refractivity contribution in [3.8, 4) is 17.1 Å². The fraction of sp³-hybridized carbons (Fsp3) is 0.450. The van der Waals surface area contributed by atoms with E-state index in [4.69, 9.17) is 14.0 Å². The van der Waals surface area contributed by atoms with Gasteiger partial charge in [-0.3, -0.25) is 9.59 Å². The van der Waals surface area contributed by atoms with Gasteiger partial charge in [0, 0.05) is 24.7 Å². The van der Waals surface area contributed by atoms with E-state index in [0.717, 1.165) is 24.2 Å². The lowest BCUT2D eigenvalue weighted by atomic mass is 9.98. The number of methoxy groups -OCH3 is 1. The van der Waals surface area contributed by atoms with Gasteiger partial charge in [-0.1, -0.05) is 17.3 Å². The quantitative estimate of drug-likeness (QED) is 0.725. The van der Waals surface area contributed by atoms with Crippen molar-refractivity contribution >= 4 is 11.9 Å². The molecule has 7 heteroatoms. The molecule has 0 N–H and O–H groups in total. The molecule has 1 unspecified atom stereocenters. The van der Waals surface area contributed by atoms with Gasteiger partial charge < -0.3 is 18.9 Å². The molecule has 1 fully saturated rings. The van der Waals surface area contributed by atoms with E-state index in [2.05, 4.69) is 5.16 Å². The number of rotatable bonds is 6. The lowest BCUT2D eigenvalue weighted by Gasteiger charge is -2.31. The Hall–Kier alpha value is -2.83. The van der Waals surface area contributed by atoms with E-state index in [1.165, 1.54) is 0 Å². The molecule has 144 valence electrons. The van der Waals surface area contributed by atoms with E-state index in [1.807, 2.05) is 24.3 Å². The number of amides is 1. The molecule has 1 aliphatic heterocycles. The molecule has 1 amide bonds. The Morgan fingerprint density at radius 1 is 1.33 bits per heavy atom. The highest BCUT2D eigenvalue weighted by molar-refractivity contribution is 5.80. The lowest BCUT2D eigenvalue weighted by Crippen LogP contribution is -2.43. The molecule has 1 atom stereocenters. The molecule has 0 saturated carbocycles. The third-order valence-corrected chi connectivity index (χ3v) is 4.64. The van der Waals surface area contributed by atoms with E-state index >= 15 is 0 Å². The summed E-state index contributed by atoms with van der Waals surface area (Å²) in [6.07, 6.45) is 1.69. The third kappa shape index (κ3) is 4.67. The van der Waals surface area contributed by atoms with Crippen LogP contribution in [-0.4, -0.2) is 48.7 Å². The first-order valence-corrected chi connectivity index (χ1v) is 9.15. The predicted octanol–water partition coefficient (Wildman–Crippen LogP) is 2.69. The molecule has 1 saturated heterocycles. The van der Waals surface area contributed by atoms with Crippen molar-refractivity contribution in [3.05, 3.63) is 36.0 Å². The van der Waals surface area contributed by atoms with Crippen LogP contribution >= 0.6 is 0 Å². The molecule has 1 aliphatic rings. The van der Waals surface area contributed by atoms with Gasteiger partial charge in [0.05, 0.1) is 31.7 Å². The molecule has 7 nitrogen and oxygen atoms in total. The molecule has 3 rings (SSSR count). The second kappa shape index (κ2) is 8.70. The van der Waals surface area contributed by atoms with Crippen molar-refractivity contribution in [2.24, 2.45) is 5.92 Å². The Morgan fingerprint density at radius 3 is 2.96 bits per heavy atom. The lowest BCUT2D eigenvalue weighted by molar-refractivity contribution is -0.151. The van der Waals surface area contributed by atoms with Crippen LogP contribution in [0, 0.1) is 5.92 Å². The van der Waals surface area contributed by atoms with Crippen LogP contribution in [0.5, 0.6) is 5.75 Å². The molecular weight excluding hydrogens is 348 g/mol. The zero-order chi connectivity index (χ0) is 19.2. The molecule has 0 bridgehead atoms. The maximum absolute atomic E-state index is 12.6. The van der Waals surface area contributed by atoms with Gasteiger partial charge in [0.2, 0.25) is 5.91 Å². The molecule has 0 aliphatic carbocycles. The average molecular weight is 372 g/mol. The first-order chi connectivity index (χ1) is 13.1. The number of hydrogen-bond acceptors (Lipinski definition) is 6. The van der Waals surface area contributed by atoms with Crippen molar-refractivity contribution in [3.63, 3.8) is 0 Å². The number of nitrogens with zero attached hydrogens (tertiary/aromatic N) is 2. The Labute approximate surface area is 158 Å². The standard InChI is InChI=1S/C20H24N2O5/c1-3-26-20(24)15-7-5-9-22(13-15)19(23)12-16-11-18(27-21-16)14-6-4-8-17(10-14)25-2/h4,6,8,10-11,15H,3,5,7,9,12-13H2,1-2H3. The molecule has 2 aromatic rings. The van der Waals surface area contributed by atoms with Gasteiger partial charge >= 0.3 is 5.97 Å². The number of hydrogen-bond donors (Lipinski definition) is 0. The van der Waals surface area contributed by atoms with Gasteiger partial charge in [-0.2, -0.15) is 0 Å². The van der Waals surface area contributed by atoms with E-state index in [-0.39, 0.29) is 24.2 Å². The molecule has 1 aromatic carbocycles. The minimum absolute atomic E-state index is 0.0607. The molecule has 0 radical (unpaired) electrons. The summed E-state index contributed by atoms with van der Waals surface area (Å²) < 4.78 is 15.7. The average Bonchev–Trinajstić information content (AvgIpc) is 3.17. The van der Waals surface area contributed by atoms with Crippen LogP contribution in [0.4, 0.5) is 0 Å². The zero-order valence-corrected chi connectivity index (χ0v) is 15.6. The van der Waals surface area contributed by atoms with Crippen LogP contribution < -0.4 is 4.74 Å². The monoisotopic (exact) mass is 372 g/mol. The Kier molecular flexibility index (Phi) is 6.11. The summed E-state index contributed by atoms with van der Waals surface area (Å²) in [5, 5.41) is 4.01. The number of carbonyl (C=O) groups excluding carboxylic acids is 2.